The molecule has 2 saturated heterocycles. The number of ether oxygens (including phenoxy) is 1. The summed E-state index contributed by atoms with van der Waals surface area (Å²) in [6.45, 7) is 3.10. The van der Waals surface area contributed by atoms with Crippen molar-refractivity contribution in [2.75, 3.05) is 33.3 Å². The van der Waals surface area contributed by atoms with Gasteiger partial charge in [-0.15, -0.1) is 0 Å². The molecule has 0 bridgehead atoms. The van der Waals surface area contributed by atoms with E-state index in [0.29, 0.717) is 19.0 Å². The van der Waals surface area contributed by atoms with E-state index in [1.54, 1.807) is 4.90 Å². The normalized spacial score (nSPS) is 21.9. The zero-order valence-corrected chi connectivity index (χ0v) is 11.8. The minimum atomic E-state index is -0.277. The molecule has 0 radical (unpaired) electrons. The van der Waals surface area contributed by atoms with E-state index in [-0.39, 0.29) is 12.0 Å². The number of carbonyl (C=O) groups is 2. The van der Waals surface area contributed by atoms with Crippen molar-refractivity contribution in [2.24, 2.45) is 5.92 Å². The average molecular weight is 268 g/mol. The third kappa shape index (κ3) is 3.61. The van der Waals surface area contributed by atoms with E-state index >= 15 is 0 Å². The van der Waals surface area contributed by atoms with Crippen LogP contribution >= 0.6 is 0 Å². The number of rotatable bonds is 1. The van der Waals surface area contributed by atoms with Crippen LogP contribution in [0, 0.1) is 5.92 Å². The van der Waals surface area contributed by atoms with Gasteiger partial charge in [-0.2, -0.15) is 0 Å². The summed E-state index contributed by atoms with van der Waals surface area (Å²) < 4.78 is 4.71. The highest BCUT2D eigenvalue weighted by molar-refractivity contribution is 5.79. The van der Waals surface area contributed by atoms with E-state index in [2.05, 4.69) is 0 Å². The van der Waals surface area contributed by atoms with Gasteiger partial charge in [0, 0.05) is 32.1 Å². The Morgan fingerprint density at radius 3 is 2.00 bits per heavy atom. The van der Waals surface area contributed by atoms with E-state index < -0.39 is 0 Å². The first-order valence-corrected chi connectivity index (χ1v) is 7.34. The quantitative estimate of drug-likeness (QED) is 0.729. The molecule has 2 amide bonds. The van der Waals surface area contributed by atoms with Gasteiger partial charge in [-0.3, -0.25) is 4.79 Å². The molecule has 0 aromatic rings. The van der Waals surface area contributed by atoms with Gasteiger partial charge >= 0.3 is 6.09 Å². The molecule has 5 nitrogen and oxygen atoms in total. The Morgan fingerprint density at radius 2 is 1.47 bits per heavy atom. The van der Waals surface area contributed by atoms with E-state index in [1.165, 1.54) is 20.0 Å². The van der Waals surface area contributed by atoms with Gasteiger partial charge in [0.15, 0.2) is 0 Å². The molecule has 0 aromatic carbocycles. The molecule has 108 valence electrons. The van der Waals surface area contributed by atoms with Crippen molar-refractivity contribution in [2.45, 2.75) is 38.5 Å². The van der Waals surface area contributed by atoms with Gasteiger partial charge in [0.1, 0.15) is 0 Å². The van der Waals surface area contributed by atoms with Gasteiger partial charge < -0.3 is 14.5 Å². The van der Waals surface area contributed by atoms with Gasteiger partial charge in [0.2, 0.25) is 5.91 Å². The molecular formula is C14H24N2O3. The van der Waals surface area contributed by atoms with E-state index in [0.717, 1.165) is 38.8 Å². The number of likely N-dealkylation sites (tertiary alicyclic amines) is 2. The summed E-state index contributed by atoms with van der Waals surface area (Å²) in [5.74, 6) is 0.394. The second-order valence-corrected chi connectivity index (χ2v) is 5.47. The van der Waals surface area contributed by atoms with Crippen LogP contribution in [0.15, 0.2) is 0 Å². The molecule has 0 aliphatic carbocycles. The fourth-order valence-corrected chi connectivity index (χ4v) is 2.99. The van der Waals surface area contributed by atoms with Crippen LogP contribution in [0.3, 0.4) is 0 Å². The molecule has 0 N–H and O–H groups in total. The fraction of sp³-hybridized carbons (Fsp3) is 0.857. The summed E-state index contributed by atoms with van der Waals surface area (Å²) in [6, 6.07) is 0. The molecular weight excluding hydrogens is 244 g/mol. The number of hydrogen-bond acceptors (Lipinski definition) is 3. The average Bonchev–Trinajstić information content (AvgIpc) is 2.75. The van der Waals surface area contributed by atoms with Gasteiger partial charge in [0.25, 0.3) is 0 Å². The zero-order chi connectivity index (χ0) is 13.7. The highest BCUT2D eigenvalue weighted by atomic mass is 16.5. The number of hydrogen-bond donors (Lipinski definition) is 0. The first-order valence-electron chi connectivity index (χ1n) is 7.34. The predicted octanol–water partition coefficient (Wildman–Crippen LogP) is 1.87. The largest absolute Gasteiger partial charge is 0.453 e. The van der Waals surface area contributed by atoms with Crippen LogP contribution in [0.1, 0.15) is 38.5 Å². The SMILES string of the molecule is COC(=O)N1CCC(C(=O)N2CCCCCC2)CC1. The van der Waals surface area contributed by atoms with Crippen molar-refractivity contribution in [3.05, 3.63) is 0 Å². The van der Waals surface area contributed by atoms with Crippen LogP contribution in [-0.2, 0) is 9.53 Å². The Bertz CT molecular complexity index is 317. The summed E-state index contributed by atoms with van der Waals surface area (Å²) in [5.41, 5.74) is 0. The third-order valence-corrected chi connectivity index (χ3v) is 4.19. The Balaban J connectivity index is 1.83. The molecule has 2 aliphatic heterocycles. The summed E-state index contributed by atoms with van der Waals surface area (Å²) in [4.78, 5) is 27.6. The first-order chi connectivity index (χ1) is 9.22. The maximum Gasteiger partial charge on any atom is 0.409 e. The highest BCUT2D eigenvalue weighted by Crippen LogP contribution is 2.22. The van der Waals surface area contributed by atoms with Crippen molar-refractivity contribution in [3.63, 3.8) is 0 Å². The molecule has 0 spiro atoms. The Morgan fingerprint density at radius 1 is 0.895 bits per heavy atom. The Hall–Kier alpha value is -1.26. The van der Waals surface area contributed by atoms with E-state index in [9.17, 15) is 9.59 Å². The molecule has 0 saturated carbocycles. The topological polar surface area (TPSA) is 49.9 Å². The second kappa shape index (κ2) is 6.78. The standard InChI is InChI=1S/C14H24N2O3/c1-19-14(18)16-10-6-12(7-11-16)13(17)15-8-4-2-3-5-9-15/h12H,2-11H2,1H3. The zero-order valence-electron chi connectivity index (χ0n) is 11.8. The number of nitrogens with zero attached hydrogens (tertiary/aromatic N) is 2. The van der Waals surface area contributed by atoms with Crippen molar-refractivity contribution in [1.29, 1.82) is 0 Å². The van der Waals surface area contributed by atoms with E-state index in [1.807, 2.05) is 4.90 Å². The smallest absolute Gasteiger partial charge is 0.409 e. The van der Waals surface area contributed by atoms with Crippen molar-refractivity contribution in [3.8, 4) is 0 Å². The van der Waals surface area contributed by atoms with Crippen LogP contribution in [0.2, 0.25) is 0 Å². The lowest BCUT2D eigenvalue weighted by Gasteiger charge is -2.33. The Kier molecular flexibility index (Phi) is 5.05. The highest BCUT2D eigenvalue weighted by Gasteiger charge is 2.30. The molecule has 2 aliphatic rings. The van der Waals surface area contributed by atoms with Crippen LogP contribution < -0.4 is 0 Å². The maximum absolute atomic E-state index is 12.4. The third-order valence-electron chi connectivity index (χ3n) is 4.19. The number of carbonyl (C=O) groups excluding carboxylic acids is 2. The van der Waals surface area contributed by atoms with Crippen molar-refractivity contribution >= 4 is 12.0 Å². The molecule has 0 aromatic heterocycles. The predicted molar refractivity (Wildman–Crippen MR) is 71.8 cm³/mol. The van der Waals surface area contributed by atoms with Gasteiger partial charge in [-0.1, -0.05) is 12.8 Å². The summed E-state index contributed by atoms with van der Waals surface area (Å²) in [5, 5.41) is 0. The van der Waals surface area contributed by atoms with Gasteiger partial charge in [-0.05, 0) is 25.7 Å². The van der Waals surface area contributed by atoms with E-state index in [4.69, 9.17) is 4.74 Å². The lowest BCUT2D eigenvalue weighted by Crippen LogP contribution is -2.44. The number of amides is 2. The van der Waals surface area contributed by atoms with Crippen LogP contribution in [-0.4, -0.2) is 55.1 Å². The monoisotopic (exact) mass is 268 g/mol. The van der Waals surface area contributed by atoms with Crippen molar-refractivity contribution in [1.82, 2.24) is 9.80 Å². The number of methoxy groups -OCH3 is 1. The molecule has 0 unspecified atom stereocenters. The molecule has 2 rings (SSSR count). The Labute approximate surface area is 114 Å². The molecule has 2 fully saturated rings. The lowest BCUT2D eigenvalue weighted by atomic mass is 9.95. The minimum Gasteiger partial charge on any atom is -0.453 e. The summed E-state index contributed by atoms with van der Waals surface area (Å²) >= 11 is 0. The van der Waals surface area contributed by atoms with Crippen LogP contribution in [0.5, 0.6) is 0 Å². The maximum atomic E-state index is 12.4. The second-order valence-electron chi connectivity index (χ2n) is 5.47. The van der Waals surface area contributed by atoms with Gasteiger partial charge in [0.05, 0.1) is 7.11 Å². The molecule has 0 atom stereocenters. The summed E-state index contributed by atoms with van der Waals surface area (Å²) in [6.07, 6.45) is 6.00. The van der Waals surface area contributed by atoms with Gasteiger partial charge in [-0.25, -0.2) is 4.79 Å². The first kappa shape index (κ1) is 14.2. The van der Waals surface area contributed by atoms with Crippen LogP contribution in [0.25, 0.3) is 0 Å². The molecule has 2 heterocycles. The van der Waals surface area contributed by atoms with Crippen LogP contribution in [0.4, 0.5) is 4.79 Å². The minimum absolute atomic E-state index is 0.0963. The lowest BCUT2D eigenvalue weighted by molar-refractivity contribution is -0.136. The molecule has 19 heavy (non-hydrogen) atoms. The summed E-state index contributed by atoms with van der Waals surface area (Å²) in [7, 11) is 1.40. The molecule has 5 heteroatoms. The number of piperidine rings is 1. The fourth-order valence-electron chi connectivity index (χ4n) is 2.99. The van der Waals surface area contributed by atoms with Crippen molar-refractivity contribution < 1.29 is 14.3 Å².